The number of hydrogen-bond donors (Lipinski definition) is 2. The van der Waals surface area contributed by atoms with Crippen LogP contribution < -0.4 is 5.32 Å². The van der Waals surface area contributed by atoms with Gasteiger partial charge in [0.2, 0.25) is 0 Å². The van der Waals surface area contributed by atoms with Crippen molar-refractivity contribution in [1.29, 1.82) is 0 Å². The summed E-state index contributed by atoms with van der Waals surface area (Å²) in [5.41, 5.74) is 0.185. The summed E-state index contributed by atoms with van der Waals surface area (Å²) in [4.78, 5) is 11.9. The number of benzene rings is 1. The zero-order valence-electron chi connectivity index (χ0n) is 10.6. The Morgan fingerprint density at radius 2 is 1.95 bits per heavy atom. The van der Waals surface area contributed by atoms with Crippen LogP contribution in [0.25, 0.3) is 0 Å². The first-order chi connectivity index (χ1) is 9.41. The molecule has 0 unspecified atom stereocenters. The molecule has 2 aromatic rings. The molecule has 0 saturated carbocycles. The van der Waals surface area contributed by atoms with Crippen LogP contribution in [0.3, 0.4) is 0 Å². The second-order valence-corrected chi connectivity index (χ2v) is 4.15. The van der Waals surface area contributed by atoms with Crippen LogP contribution in [0, 0.1) is 0 Å². The number of aromatic amines is 1. The number of rotatable bonds is 3. The standard InChI is InChI=1S/C13H12F3N3O/c1-2-8-7-17-19-11(8)18-12(20)9-3-5-10(6-4-9)13(14,15)16/h3-7H,2H2,1H3,(H2,17,18,19,20). The molecule has 1 aromatic heterocycles. The normalized spacial score (nSPS) is 11.4. The van der Waals surface area contributed by atoms with E-state index in [9.17, 15) is 18.0 Å². The predicted octanol–water partition coefficient (Wildman–Crippen LogP) is 3.24. The van der Waals surface area contributed by atoms with Gasteiger partial charge in [0.25, 0.3) is 5.91 Å². The van der Waals surface area contributed by atoms with Gasteiger partial charge in [-0.25, -0.2) is 0 Å². The highest BCUT2D eigenvalue weighted by molar-refractivity contribution is 6.04. The highest BCUT2D eigenvalue weighted by Gasteiger charge is 2.30. The van der Waals surface area contributed by atoms with Gasteiger partial charge in [-0.1, -0.05) is 6.92 Å². The molecule has 1 amide bonds. The lowest BCUT2D eigenvalue weighted by atomic mass is 10.1. The summed E-state index contributed by atoms with van der Waals surface area (Å²) in [5.74, 6) is -0.0323. The molecule has 0 aliphatic heterocycles. The van der Waals surface area contributed by atoms with E-state index >= 15 is 0 Å². The number of halogens is 3. The summed E-state index contributed by atoms with van der Waals surface area (Å²) in [6.45, 7) is 1.90. The summed E-state index contributed by atoms with van der Waals surface area (Å²) < 4.78 is 37.2. The van der Waals surface area contributed by atoms with Gasteiger partial charge in [-0.2, -0.15) is 18.3 Å². The third-order valence-corrected chi connectivity index (χ3v) is 2.81. The van der Waals surface area contributed by atoms with Gasteiger partial charge >= 0.3 is 6.18 Å². The molecule has 1 heterocycles. The second kappa shape index (κ2) is 5.36. The molecule has 0 bridgehead atoms. The number of amides is 1. The van der Waals surface area contributed by atoms with Crippen molar-refractivity contribution in [2.24, 2.45) is 0 Å². The number of alkyl halides is 3. The van der Waals surface area contributed by atoms with Gasteiger partial charge < -0.3 is 5.32 Å². The van der Waals surface area contributed by atoms with E-state index in [1.807, 2.05) is 6.92 Å². The van der Waals surface area contributed by atoms with Gasteiger partial charge in [0, 0.05) is 11.1 Å². The van der Waals surface area contributed by atoms with Crippen molar-refractivity contribution in [3.63, 3.8) is 0 Å². The maximum atomic E-state index is 12.4. The van der Waals surface area contributed by atoms with E-state index in [0.29, 0.717) is 12.2 Å². The van der Waals surface area contributed by atoms with E-state index in [0.717, 1.165) is 29.8 Å². The zero-order chi connectivity index (χ0) is 14.8. The van der Waals surface area contributed by atoms with E-state index < -0.39 is 17.6 Å². The molecule has 106 valence electrons. The third kappa shape index (κ3) is 2.98. The van der Waals surface area contributed by atoms with Crippen LogP contribution in [0.4, 0.5) is 19.0 Å². The minimum atomic E-state index is -4.41. The minimum absolute atomic E-state index is 0.148. The fraction of sp³-hybridized carbons (Fsp3) is 0.231. The van der Waals surface area contributed by atoms with E-state index in [1.165, 1.54) is 0 Å². The van der Waals surface area contributed by atoms with E-state index in [4.69, 9.17) is 0 Å². The van der Waals surface area contributed by atoms with Gasteiger partial charge in [0.1, 0.15) is 5.82 Å². The Hall–Kier alpha value is -2.31. The number of carbonyl (C=O) groups is 1. The molecule has 0 radical (unpaired) electrons. The molecule has 0 aliphatic rings. The molecule has 2 rings (SSSR count). The molecule has 0 fully saturated rings. The lowest BCUT2D eigenvalue weighted by Gasteiger charge is -2.08. The average molecular weight is 283 g/mol. The lowest BCUT2D eigenvalue weighted by Crippen LogP contribution is -2.14. The van der Waals surface area contributed by atoms with Crippen LogP contribution in [0.5, 0.6) is 0 Å². The Labute approximate surface area is 113 Å². The first kappa shape index (κ1) is 14.1. The van der Waals surface area contributed by atoms with Crippen molar-refractivity contribution in [3.8, 4) is 0 Å². The van der Waals surface area contributed by atoms with Crippen molar-refractivity contribution < 1.29 is 18.0 Å². The summed E-state index contributed by atoms with van der Waals surface area (Å²) in [7, 11) is 0. The van der Waals surface area contributed by atoms with Gasteiger partial charge in [-0.3, -0.25) is 9.89 Å². The molecule has 2 N–H and O–H groups in total. The Morgan fingerprint density at radius 1 is 1.30 bits per heavy atom. The highest BCUT2D eigenvalue weighted by atomic mass is 19.4. The van der Waals surface area contributed by atoms with Crippen LogP contribution in [0.2, 0.25) is 0 Å². The highest BCUT2D eigenvalue weighted by Crippen LogP contribution is 2.29. The van der Waals surface area contributed by atoms with Crippen LogP contribution >= 0.6 is 0 Å². The molecule has 4 nitrogen and oxygen atoms in total. The third-order valence-electron chi connectivity index (χ3n) is 2.81. The summed E-state index contributed by atoms with van der Waals surface area (Å²) >= 11 is 0. The second-order valence-electron chi connectivity index (χ2n) is 4.15. The minimum Gasteiger partial charge on any atom is -0.307 e. The van der Waals surface area contributed by atoms with Crippen LogP contribution in [-0.4, -0.2) is 16.1 Å². The van der Waals surface area contributed by atoms with E-state index in [-0.39, 0.29) is 5.56 Å². The molecule has 0 spiro atoms. The van der Waals surface area contributed by atoms with Crippen molar-refractivity contribution in [3.05, 3.63) is 47.2 Å². The summed E-state index contributed by atoms with van der Waals surface area (Å²) in [5, 5.41) is 9.01. The van der Waals surface area contributed by atoms with Crippen molar-refractivity contribution >= 4 is 11.7 Å². The van der Waals surface area contributed by atoms with Gasteiger partial charge in [0.15, 0.2) is 0 Å². The number of carbonyl (C=O) groups excluding carboxylic acids is 1. The number of nitrogens with one attached hydrogen (secondary N) is 2. The molecule has 20 heavy (non-hydrogen) atoms. The van der Waals surface area contributed by atoms with E-state index in [2.05, 4.69) is 15.5 Å². The fourth-order valence-electron chi connectivity index (χ4n) is 1.68. The van der Waals surface area contributed by atoms with Crippen molar-refractivity contribution in [2.45, 2.75) is 19.5 Å². The summed E-state index contributed by atoms with van der Waals surface area (Å²) in [6.07, 6.45) is -2.14. The maximum absolute atomic E-state index is 12.4. The quantitative estimate of drug-likeness (QED) is 0.908. The Balaban J connectivity index is 2.14. The number of aromatic nitrogens is 2. The topological polar surface area (TPSA) is 57.8 Å². The monoisotopic (exact) mass is 283 g/mol. The van der Waals surface area contributed by atoms with E-state index in [1.54, 1.807) is 6.20 Å². The number of nitrogens with zero attached hydrogens (tertiary/aromatic N) is 1. The fourth-order valence-corrected chi connectivity index (χ4v) is 1.68. The molecular weight excluding hydrogens is 271 g/mol. The predicted molar refractivity (Wildman–Crippen MR) is 67.4 cm³/mol. The van der Waals surface area contributed by atoms with Crippen molar-refractivity contribution in [2.75, 3.05) is 5.32 Å². The van der Waals surface area contributed by atoms with Gasteiger partial charge in [-0.15, -0.1) is 0 Å². The molecule has 7 heteroatoms. The summed E-state index contributed by atoms with van der Waals surface area (Å²) in [6, 6.07) is 4.03. The first-order valence-electron chi connectivity index (χ1n) is 5.92. The van der Waals surface area contributed by atoms with Crippen LogP contribution in [0.15, 0.2) is 30.5 Å². The first-order valence-corrected chi connectivity index (χ1v) is 5.92. The molecule has 0 saturated heterocycles. The Morgan fingerprint density at radius 3 is 2.50 bits per heavy atom. The molecular formula is C13H12F3N3O. The number of hydrogen-bond acceptors (Lipinski definition) is 2. The van der Waals surface area contributed by atoms with Crippen molar-refractivity contribution in [1.82, 2.24) is 10.2 Å². The van der Waals surface area contributed by atoms with Crippen LogP contribution in [0.1, 0.15) is 28.4 Å². The Bertz CT molecular complexity index is 602. The zero-order valence-corrected chi connectivity index (χ0v) is 10.6. The van der Waals surface area contributed by atoms with Gasteiger partial charge in [0.05, 0.1) is 11.8 Å². The maximum Gasteiger partial charge on any atom is 0.416 e. The largest absolute Gasteiger partial charge is 0.416 e. The SMILES string of the molecule is CCc1cn[nH]c1NC(=O)c1ccc(C(F)(F)F)cc1. The molecule has 0 aliphatic carbocycles. The lowest BCUT2D eigenvalue weighted by molar-refractivity contribution is -0.137. The van der Waals surface area contributed by atoms with Crippen LogP contribution in [-0.2, 0) is 12.6 Å². The smallest absolute Gasteiger partial charge is 0.307 e. The average Bonchev–Trinajstić information content (AvgIpc) is 2.85. The number of aryl methyl sites for hydroxylation is 1. The molecule has 0 atom stereocenters. The molecule has 1 aromatic carbocycles. The Kier molecular flexibility index (Phi) is 3.78. The van der Waals surface area contributed by atoms with Gasteiger partial charge in [-0.05, 0) is 30.7 Å². The number of H-pyrrole nitrogens is 1. The number of anilines is 1.